The zero-order valence-corrected chi connectivity index (χ0v) is 19.9. The lowest BCUT2D eigenvalue weighted by atomic mass is 10.0. The molecule has 1 aliphatic heterocycles. The molecule has 3 aromatic rings. The molecule has 0 spiro atoms. The number of hydrogen-bond acceptors (Lipinski definition) is 5. The van der Waals surface area contributed by atoms with Crippen LogP contribution in [0, 0.1) is 0 Å². The largest absolute Gasteiger partial charge is 0.493 e. The number of ether oxygens (including phenoxy) is 3. The van der Waals surface area contributed by atoms with Crippen LogP contribution in [0.15, 0.2) is 71.8 Å². The lowest BCUT2D eigenvalue weighted by Gasteiger charge is -2.28. The average molecular weight is 460 g/mol. The van der Waals surface area contributed by atoms with E-state index in [9.17, 15) is 4.79 Å². The Labute approximate surface area is 200 Å². The van der Waals surface area contributed by atoms with E-state index in [-0.39, 0.29) is 12.1 Å². The summed E-state index contributed by atoms with van der Waals surface area (Å²) in [6.45, 7) is 2.47. The molecule has 0 saturated carbocycles. The van der Waals surface area contributed by atoms with Gasteiger partial charge >= 0.3 is 6.03 Å². The number of benzene rings is 3. The molecule has 4 rings (SSSR count). The van der Waals surface area contributed by atoms with Crippen LogP contribution >= 0.6 is 0 Å². The van der Waals surface area contributed by atoms with Crippen LogP contribution in [-0.2, 0) is 13.0 Å². The maximum Gasteiger partial charge on any atom is 0.344 e. The molecule has 3 aromatic carbocycles. The van der Waals surface area contributed by atoms with Crippen LogP contribution in [0.2, 0.25) is 0 Å². The molecule has 7 nitrogen and oxygen atoms in total. The first kappa shape index (κ1) is 23.2. The molecule has 1 aliphatic rings. The van der Waals surface area contributed by atoms with Gasteiger partial charge in [0.05, 0.1) is 26.5 Å². The van der Waals surface area contributed by atoms with E-state index in [1.54, 1.807) is 32.4 Å². The van der Waals surface area contributed by atoms with Gasteiger partial charge in [0.1, 0.15) is 12.4 Å². The van der Waals surface area contributed by atoms with Crippen LogP contribution in [-0.4, -0.2) is 44.6 Å². The standard InChI is InChI=1S/C27H29N3O4/c1-19-14-21-15-25(32-3)26(33-4)16-22(21)17-28-30(19)27(31)29(2)23-10-12-24(13-11-23)34-18-20-8-6-5-7-9-20/h5-13,15-17,19H,14,18H2,1-4H3. The Balaban J connectivity index is 1.45. The Kier molecular flexibility index (Phi) is 7.01. The zero-order chi connectivity index (χ0) is 24.1. The Morgan fingerprint density at radius 2 is 1.71 bits per heavy atom. The smallest absolute Gasteiger partial charge is 0.344 e. The fraction of sp³-hybridized carbons (Fsp3) is 0.259. The van der Waals surface area contributed by atoms with Crippen molar-refractivity contribution >= 4 is 17.9 Å². The van der Waals surface area contributed by atoms with E-state index in [1.807, 2.05) is 73.7 Å². The van der Waals surface area contributed by atoms with Crippen LogP contribution in [0.1, 0.15) is 23.6 Å². The van der Waals surface area contributed by atoms with E-state index in [0.717, 1.165) is 28.1 Å². The first-order valence-corrected chi connectivity index (χ1v) is 11.1. The third kappa shape index (κ3) is 4.98. The Hall–Kier alpha value is -4.00. The van der Waals surface area contributed by atoms with Gasteiger partial charge in [-0.1, -0.05) is 30.3 Å². The number of hydrogen-bond donors (Lipinski definition) is 0. The molecule has 0 aliphatic carbocycles. The third-order valence-corrected chi connectivity index (χ3v) is 5.85. The second-order valence-corrected chi connectivity index (χ2v) is 8.16. The summed E-state index contributed by atoms with van der Waals surface area (Å²) in [6.07, 6.45) is 2.34. The van der Waals surface area contributed by atoms with Crippen molar-refractivity contribution in [3.8, 4) is 17.2 Å². The van der Waals surface area contributed by atoms with Crippen LogP contribution < -0.4 is 19.1 Å². The lowest BCUT2D eigenvalue weighted by molar-refractivity contribution is 0.190. The number of anilines is 1. The van der Waals surface area contributed by atoms with Crippen LogP contribution in [0.3, 0.4) is 0 Å². The van der Waals surface area contributed by atoms with Crippen molar-refractivity contribution in [3.63, 3.8) is 0 Å². The minimum atomic E-state index is -0.214. The van der Waals surface area contributed by atoms with E-state index in [0.29, 0.717) is 24.5 Å². The van der Waals surface area contributed by atoms with Crippen molar-refractivity contribution in [2.45, 2.75) is 26.0 Å². The summed E-state index contributed by atoms with van der Waals surface area (Å²) in [5, 5.41) is 6.01. The third-order valence-electron chi connectivity index (χ3n) is 5.85. The van der Waals surface area contributed by atoms with Crippen LogP contribution in [0.5, 0.6) is 17.2 Å². The average Bonchev–Trinajstić information content (AvgIpc) is 3.04. The van der Waals surface area contributed by atoms with Gasteiger partial charge in [-0.2, -0.15) is 5.10 Å². The molecular weight excluding hydrogens is 430 g/mol. The normalized spacial score (nSPS) is 14.7. The van der Waals surface area contributed by atoms with Crippen molar-refractivity contribution in [1.82, 2.24) is 5.01 Å². The molecule has 0 aromatic heterocycles. The summed E-state index contributed by atoms with van der Waals surface area (Å²) in [5.41, 5.74) is 3.81. The number of amides is 2. The molecule has 2 amide bonds. The maximum absolute atomic E-state index is 13.3. The summed E-state index contributed by atoms with van der Waals surface area (Å²) in [6, 6.07) is 20.9. The number of carbonyl (C=O) groups excluding carboxylic acids is 1. The van der Waals surface area contributed by atoms with Crippen molar-refractivity contribution in [2.24, 2.45) is 5.10 Å². The molecule has 176 valence electrons. The van der Waals surface area contributed by atoms with Crippen LogP contribution in [0.25, 0.3) is 0 Å². The second kappa shape index (κ2) is 10.3. The summed E-state index contributed by atoms with van der Waals surface area (Å²) in [5.74, 6) is 2.04. The Morgan fingerprint density at radius 3 is 2.38 bits per heavy atom. The van der Waals surface area contributed by atoms with E-state index in [2.05, 4.69) is 5.10 Å². The van der Waals surface area contributed by atoms with Gasteiger partial charge in [0, 0.05) is 18.3 Å². The molecule has 1 heterocycles. The fourth-order valence-corrected chi connectivity index (χ4v) is 3.89. The van der Waals surface area contributed by atoms with Crippen molar-refractivity contribution in [2.75, 3.05) is 26.2 Å². The molecule has 0 saturated heterocycles. The van der Waals surface area contributed by atoms with E-state index >= 15 is 0 Å². The summed E-state index contributed by atoms with van der Waals surface area (Å²) >= 11 is 0. The van der Waals surface area contributed by atoms with Gasteiger partial charge < -0.3 is 14.2 Å². The number of urea groups is 1. The highest BCUT2D eigenvalue weighted by atomic mass is 16.5. The highest BCUT2D eigenvalue weighted by molar-refractivity contribution is 5.93. The molecule has 0 bridgehead atoms. The Bertz CT molecular complexity index is 1160. The predicted octanol–water partition coefficient (Wildman–Crippen LogP) is 5.12. The number of methoxy groups -OCH3 is 2. The van der Waals surface area contributed by atoms with Gasteiger partial charge in [0.2, 0.25) is 0 Å². The molecule has 0 fully saturated rings. The SMILES string of the molecule is COc1cc2c(cc1OC)CC(C)N(C(=O)N(C)c1ccc(OCc3ccccc3)cc1)N=C2. The van der Waals surface area contributed by atoms with Gasteiger partial charge in [0.25, 0.3) is 0 Å². The topological polar surface area (TPSA) is 63.6 Å². The van der Waals surface area contributed by atoms with Crippen molar-refractivity contribution < 1.29 is 19.0 Å². The highest BCUT2D eigenvalue weighted by Gasteiger charge is 2.27. The molecule has 1 atom stereocenters. The fourth-order valence-electron chi connectivity index (χ4n) is 3.89. The summed E-state index contributed by atoms with van der Waals surface area (Å²) in [4.78, 5) is 14.9. The predicted molar refractivity (Wildman–Crippen MR) is 133 cm³/mol. The van der Waals surface area contributed by atoms with Gasteiger partial charge in [0.15, 0.2) is 11.5 Å². The summed E-state index contributed by atoms with van der Waals surface area (Å²) in [7, 11) is 4.96. The molecule has 34 heavy (non-hydrogen) atoms. The van der Waals surface area contributed by atoms with E-state index < -0.39 is 0 Å². The second-order valence-electron chi connectivity index (χ2n) is 8.16. The van der Waals surface area contributed by atoms with Gasteiger partial charge in [-0.25, -0.2) is 9.80 Å². The Morgan fingerprint density at radius 1 is 1.03 bits per heavy atom. The number of carbonyl (C=O) groups is 1. The van der Waals surface area contributed by atoms with Crippen molar-refractivity contribution in [3.05, 3.63) is 83.4 Å². The van der Waals surface area contributed by atoms with E-state index in [1.165, 1.54) is 5.01 Å². The number of nitrogens with zero attached hydrogens (tertiary/aromatic N) is 3. The minimum Gasteiger partial charge on any atom is -0.493 e. The first-order valence-electron chi connectivity index (χ1n) is 11.1. The molecular formula is C27H29N3O4. The molecule has 7 heteroatoms. The molecule has 1 unspecified atom stereocenters. The minimum absolute atomic E-state index is 0.140. The lowest BCUT2D eigenvalue weighted by Crippen LogP contribution is -2.43. The quantitative estimate of drug-likeness (QED) is 0.513. The molecule has 0 radical (unpaired) electrons. The number of fused-ring (bicyclic) bond motifs is 1. The van der Waals surface area contributed by atoms with Gasteiger partial charge in [-0.3, -0.25) is 4.90 Å². The number of rotatable bonds is 6. The zero-order valence-electron chi connectivity index (χ0n) is 19.9. The van der Waals surface area contributed by atoms with Gasteiger partial charge in [-0.05, 0) is 60.9 Å². The summed E-state index contributed by atoms with van der Waals surface area (Å²) < 4.78 is 16.7. The van der Waals surface area contributed by atoms with Gasteiger partial charge in [-0.15, -0.1) is 0 Å². The van der Waals surface area contributed by atoms with Crippen molar-refractivity contribution in [1.29, 1.82) is 0 Å². The van der Waals surface area contributed by atoms with E-state index in [4.69, 9.17) is 14.2 Å². The first-order chi connectivity index (χ1) is 16.5. The monoisotopic (exact) mass is 459 g/mol. The maximum atomic E-state index is 13.3. The van der Waals surface area contributed by atoms with Crippen LogP contribution in [0.4, 0.5) is 10.5 Å². The molecule has 0 N–H and O–H groups in total. The highest BCUT2D eigenvalue weighted by Crippen LogP contribution is 2.32. The number of hydrazone groups is 1.